The summed E-state index contributed by atoms with van der Waals surface area (Å²) in [5, 5.41) is 14.8. The van der Waals surface area contributed by atoms with Crippen molar-refractivity contribution in [1.82, 2.24) is 5.32 Å². The Morgan fingerprint density at radius 1 is 1.24 bits per heavy atom. The molecule has 0 saturated heterocycles. The van der Waals surface area contributed by atoms with Crippen LogP contribution < -0.4 is 15.5 Å². The minimum Gasteiger partial charge on any atom is -0.381 e. The molecule has 0 fully saturated rings. The lowest BCUT2D eigenvalue weighted by molar-refractivity contribution is -0.117. The smallest absolute Gasteiger partial charge is 0.263 e. The first-order chi connectivity index (χ1) is 12.1. The molecule has 136 valence electrons. The van der Waals surface area contributed by atoms with E-state index in [0.29, 0.717) is 13.2 Å². The van der Waals surface area contributed by atoms with Crippen molar-refractivity contribution in [3.05, 3.63) is 36.0 Å². The Morgan fingerprint density at radius 3 is 2.52 bits per heavy atom. The predicted molar refractivity (Wildman–Crippen MR) is 101 cm³/mol. The van der Waals surface area contributed by atoms with Crippen molar-refractivity contribution >= 4 is 17.3 Å². The highest BCUT2D eigenvalue weighted by molar-refractivity contribution is 5.97. The third-order valence-corrected chi connectivity index (χ3v) is 3.53. The molecule has 0 aliphatic rings. The number of unbranched alkanes of at least 4 members (excludes halogenated alkanes) is 1. The fourth-order valence-electron chi connectivity index (χ4n) is 1.98. The number of carbonyl (C=O) groups excluding carboxylic acids is 1. The molecule has 2 N–H and O–H groups in total. The van der Waals surface area contributed by atoms with Gasteiger partial charge in [-0.1, -0.05) is 13.3 Å². The number of nitriles is 1. The van der Waals surface area contributed by atoms with Gasteiger partial charge >= 0.3 is 0 Å². The molecule has 0 aliphatic heterocycles. The molecule has 1 aromatic rings. The van der Waals surface area contributed by atoms with Crippen LogP contribution in [0, 0.1) is 11.3 Å². The lowest BCUT2D eigenvalue weighted by Gasteiger charge is -2.12. The van der Waals surface area contributed by atoms with Gasteiger partial charge in [-0.25, -0.2) is 0 Å². The van der Waals surface area contributed by atoms with Crippen LogP contribution in [0.4, 0.5) is 11.4 Å². The molecule has 0 radical (unpaired) electrons. The first kappa shape index (κ1) is 20.5. The Kier molecular flexibility index (Phi) is 9.79. The summed E-state index contributed by atoms with van der Waals surface area (Å²) in [6.45, 7) is 3.97. The number of nitrogens with one attached hydrogen (secondary N) is 2. The molecular weight excluding hydrogens is 316 g/mol. The molecule has 1 aromatic carbocycles. The highest BCUT2D eigenvalue weighted by atomic mass is 16.5. The zero-order valence-corrected chi connectivity index (χ0v) is 15.3. The Morgan fingerprint density at radius 2 is 1.92 bits per heavy atom. The summed E-state index contributed by atoms with van der Waals surface area (Å²) in [4.78, 5) is 14.0. The molecule has 1 rings (SSSR count). The number of amides is 1. The van der Waals surface area contributed by atoms with Crippen molar-refractivity contribution in [3.63, 3.8) is 0 Å². The van der Waals surface area contributed by atoms with Crippen molar-refractivity contribution in [2.45, 2.75) is 26.2 Å². The van der Waals surface area contributed by atoms with E-state index in [2.05, 4.69) is 17.6 Å². The van der Waals surface area contributed by atoms with Gasteiger partial charge in [0.05, 0.1) is 0 Å². The van der Waals surface area contributed by atoms with Crippen LogP contribution in [0.2, 0.25) is 0 Å². The molecule has 0 atom stereocenters. The standard InChI is InChI=1S/C19H28N4O2/c1-4-5-12-25-13-6-11-21-19(24)16(14-20)15-22-17-7-9-18(10-8-17)23(2)3/h7-10,15,22H,4-6,11-13H2,1-3H3,(H,21,24)/b16-15-. The monoisotopic (exact) mass is 344 g/mol. The number of carbonyl (C=O) groups is 1. The molecule has 0 saturated carbocycles. The zero-order valence-electron chi connectivity index (χ0n) is 15.3. The number of anilines is 2. The number of ether oxygens (including phenoxy) is 1. The summed E-state index contributed by atoms with van der Waals surface area (Å²) >= 11 is 0. The van der Waals surface area contributed by atoms with E-state index in [-0.39, 0.29) is 11.5 Å². The van der Waals surface area contributed by atoms with E-state index in [9.17, 15) is 4.79 Å². The minimum atomic E-state index is -0.381. The maximum absolute atomic E-state index is 12.0. The lowest BCUT2D eigenvalue weighted by Crippen LogP contribution is -2.26. The normalized spacial score (nSPS) is 10.9. The Labute approximate surface area is 150 Å². The largest absolute Gasteiger partial charge is 0.381 e. The molecule has 0 spiro atoms. The molecule has 0 heterocycles. The second-order valence-electron chi connectivity index (χ2n) is 5.83. The van der Waals surface area contributed by atoms with Crippen molar-refractivity contribution in [2.24, 2.45) is 0 Å². The molecule has 6 heteroatoms. The number of rotatable bonds is 11. The number of benzene rings is 1. The van der Waals surface area contributed by atoms with Crippen LogP contribution in [-0.4, -0.2) is 39.8 Å². The van der Waals surface area contributed by atoms with Gasteiger partial charge in [0.1, 0.15) is 11.6 Å². The molecule has 0 bridgehead atoms. The van der Waals surface area contributed by atoms with Gasteiger partial charge in [0, 0.05) is 51.4 Å². The van der Waals surface area contributed by atoms with E-state index in [1.54, 1.807) is 0 Å². The van der Waals surface area contributed by atoms with Gasteiger partial charge in [0.15, 0.2) is 0 Å². The summed E-state index contributed by atoms with van der Waals surface area (Å²) in [5.74, 6) is -0.381. The maximum Gasteiger partial charge on any atom is 0.263 e. The van der Waals surface area contributed by atoms with Crippen molar-refractivity contribution in [2.75, 3.05) is 44.1 Å². The van der Waals surface area contributed by atoms with Gasteiger partial charge in [0.25, 0.3) is 5.91 Å². The van der Waals surface area contributed by atoms with Crippen molar-refractivity contribution in [3.8, 4) is 6.07 Å². The molecule has 0 aromatic heterocycles. The second kappa shape index (κ2) is 11.9. The van der Waals surface area contributed by atoms with E-state index in [0.717, 1.165) is 37.2 Å². The average Bonchev–Trinajstić information content (AvgIpc) is 2.61. The van der Waals surface area contributed by atoms with Crippen LogP contribution in [0.5, 0.6) is 0 Å². The van der Waals surface area contributed by atoms with Crippen molar-refractivity contribution < 1.29 is 9.53 Å². The molecule has 6 nitrogen and oxygen atoms in total. The number of nitrogens with zero attached hydrogens (tertiary/aromatic N) is 2. The Balaban J connectivity index is 2.39. The van der Waals surface area contributed by atoms with Crippen LogP contribution in [0.3, 0.4) is 0 Å². The van der Waals surface area contributed by atoms with E-state index >= 15 is 0 Å². The van der Waals surface area contributed by atoms with Crippen LogP contribution in [-0.2, 0) is 9.53 Å². The van der Waals surface area contributed by atoms with Gasteiger partial charge in [-0.2, -0.15) is 5.26 Å². The van der Waals surface area contributed by atoms with Gasteiger partial charge in [-0.3, -0.25) is 4.79 Å². The third kappa shape index (κ3) is 8.23. The number of hydrogen-bond acceptors (Lipinski definition) is 5. The summed E-state index contributed by atoms with van der Waals surface area (Å²) in [7, 11) is 3.94. The highest BCUT2D eigenvalue weighted by Gasteiger charge is 2.07. The van der Waals surface area contributed by atoms with Gasteiger partial charge in [-0.15, -0.1) is 0 Å². The predicted octanol–water partition coefficient (Wildman–Crippen LogP) is 2.89. The van der Waals surface area contributed by atoms with E-state index < -0.39 is 0 Å². The fraction of sp³-hybridized carbons (Fsp3) is 0.474. The summed E-state index contributed by atoms with van der Waals surface area (Å²) < 4.78 is 5.43. The van der Waals surface area contributed by atoms with E-state index in [1.807, 2.05) is 49.3 Å². The average molecular weight is 344 g/mol. The topological polar surface area (TPSA) is 77.4 Å². The second-order valence-corrected chi connectivity index (χ2v) is 5.83. The Bertz CT molecular complexity index is 588. The first-order valence-electron chi connectivity index (χ1n) is 8.58. The molecule has 25 heavy (non-hydrogen) atoms. The van der Waals surface area contributed by atoms with Gasteiger partial charge in [0.2, 0.25) is 0 Å². The van der Waals surface area contributed by atoms with Gasteiger partial charge in [-0.05, 0) is 37.1 Å². The van der Waals surface area contributed by atoms with Crippen molar-refractivity contribution in [1.29, 1.82) is 5.26 Å². The maximum atomic E-state index is 12.0. The van der Waals surface area contributed by atoms with Crippen LogP contribution in [0.15, 0.2) is 36.0 Å². The summed E-state index contributed by atoms with van der Waals surface area (Å²) in [6.07, 6.45) is 4.32. The van der Waals surface area contributed by atoms with Gasteiger partial charge < -0.3 is 20.3 Å². The molecule has 1 amide bonds. The van der Waals surface area contributed by atoms with Crippen LogP contribution >= 0.6 is 0 Å². The molecule has 0 aliphatic carbocycles. The Hall–Kier alpha value is -2.52. The van der Waals surface area contributed by atoms with Crippen LogP contribution in [0.1, 0.15) is 26.2 Å². The molecular formula is C19H28N4O2. The minimum absolute atomic E-state index is 0.0450. The zero-order chi connectivity index (χ0) is 18.5. The number of hydrogen-bond donors (Lipinski definition) is 2. The molecule has 0 unspecified atom stereocenters. The quantitative estimate of drug-likeness (QED) is 0.367. The van der Waals surface area contributed by atoms with E-state index in [1.165, 1.54) is 6.20 Å². The van der Waals surface area contributed by atoms with Crippen LogP contribution in [0.25, 0.3) is 0 Å². The van der Waals surface area contributed by atoms with E-state index in [4.69, 9.17) is 10.00 Å². The lowest BCUT2D eigenvalue weighted by atomic mass is 10.2. The summed E-state index contributed by atoms with van der Waals surface area (Å²) in [5.41, 5.74) is 1.94. The SMILES string of the molecule is CCCCOCCCNC(=O)/C(C#N)=C\Nc1ccc(N(C)C)cc1. The summed E-state index contributed by atoms with van der Waals surface area (Å²) in [6, 6.07) is 9.63. The third-order valence-electron chi connectivity index (χ3n) is 3.53. The first-order valence-corrected chi connectivity index (χ1v) is 8.58. The highest BCUT2D eigenvalue weighted by Crippen LogP contribution is 2.15. The fourth-order valence-corrected chi connectivity index (χ4v) is 1.98.